The Morgan fingerprint density at radius 1 is 1.55 bits per heavy atom. The van der Waals surface area contributed by atoms with Gasteiger partial charge in [0, 0.05) is 30.7 Å². The average Bonchev–Trinajstić information content (AvgIpc) is 2.99. The van der Waals surface area contributed by atoms with Crippen LogP contribution in [-0.2, 0) is 16.1 Å². The number of hydrogen-bond acceptors (Lipinski definition) is 4. The van der Waals surface area contributed by atoms with Crippen molar-refractivity contribution in [3.05, 3.63) is 29.8 Å². The Morgan fingerprint density at radius 3 is 3.05 bits per heavy atom. The predicted molar refractivity (Wildman–Crippen MR) is 76.4 cm³/mol. The maximum atomic E-state index is 11.9. The van der Waals surface area contributed by atoms with Gasteiger partial charge in [0.15, 0.2) is 6.61 Å². The van der Waals surface area contributed by atoms with Crippen molar-refractivity contribution >= 4 is 5.91 Å². The largest absolute Gasteiger partial charge is 0.483 e. The number of carbonyl (C=O) groups excluding carboxylic acids is 1. The van der Waals surface area contributed by atoms with E-state index in [0.29, 0.717) is 18.2 Å². The first-order chi connectivity index (χ1) is 9.70. The van der Waals surface area contributed by atoms with E-state index in [0.717, 1.165) is 25.2 Å². The highest BCUT2D eigenvalue weighted by atomic mass is 16.5. The molecule has 2 rings (SSSR count). The predicted octanol–water partition coefficient (Wildman–Crippen LogP) is 1.07. The minimum Gasteiger partial charge on any atom is -0.483 e. The Labute approximate surface area is 119 Å². The standard InChI is InChI=1S/C15H22N2O3/c1-11(13-6-7-19-9-13)17-15(18)10-20-14-5-3-2-4-12(14)8-16/h2-5,11,13H,6-10,16H2,1H3,(H,17,18). The summed E-state index contributed by atoms with van der Waals surface area (Å²) in [6.45, 7) is 3.91. The molecule has 1 heterocycles. The Kier molecular flexibility index (Phi) is 5.38. The van der Waals surface area contributed by atoms with Gasteiger partial charge in [0.2, 0.25) is 0 Å². The second-order valence-electron chi connectivity index (χ2n) is 5.08. The van der Waals surface area contributed by atoms with E-state index in [1.807, 2.05) is 31.2 Å². The molecule has 2 atom stereocenters. The van der Waals surface area contributed by atoms with E-state index in [9.17, 15) is 4.79 Å². The number of amides is 1. The van der Waals surface area contributed by atoms with Crippen molar-refractivity contribution in [3.8, 4) is 5.75 Å². The molecular formula is C15H22N2O3. The zero-order valence-corrected chi connectivity index (χ0v) is 11.8. The molecule has 3 N–H and O–H groups in total. The average molecular weight is 278 g/mol. The summed E-state index contributed by atoms with van der Waals surface area (Å²) in [5, 5.41) is 2.95. The summed E-state index contributed by atoms with van der Waals surface area (Å²) in [4.78, 5) is 11.9. The molecule has 0 radical (unpaired) electrons. The van der Waals surface area contributed by atoms with Gasteiger partial charge in [0.05, 0.1) is 6.61 Å². The summed E-state index contributed by atoms with van der Waals surface area (Å²) in [5.41, 5.74) is 6.53. The molecule has 1 aromatic carbocycles. The lowest BCUT2D eigenvalue weighted by atomic mass is 10.0. The van der Waals surface area contributed by atoms with Gasteiger partial charge in [-0.2, -0.15) is 0 Å². The van der Waals surface area contributed by atoms with Crippen molar-refractivity contribution in [3.63, 3.8) is 0 Å². The molecule has 20 heavy (non-hydrogen) atoms. The molecule has 1 aliphatic rings. The fourth-order valence-electron chi connectivity index (χ4n) is 2.32. The third kappa shape index (κ3) is 3.95. The van der Waals surface area contributed by atoms with Crippen LogP contribution in [0.3, 0.4) is 0 Å². The summed E-state index contributed by atoms with van der Waals surface area (Å²) in [5.74, 6) is 0.952. The van der Waals surface area contributed by atoms with E-state index in [1.165, 1.54) is 0 Å². The molecular weight excluding hydrogens is 256 g/mol. The lowest BCUT2D eigenvalue weighted by Gasteiger charge is -2.19. The molecule has 0 bridgehead atoms. The van der Waals surface area contributed by atoms with Crippen LogP contribution >= 0.6 is 0 Å². The van der Waals surface area contributed by atoms with Gasteiger partial charge in [-0.05, 0) is 19.4 Å². The summed E-state index contributed by atoms with van der Waals surface area (Å²) >= 11 is 0. The number of carbonyl (C=O) groups is 1. The highest BCUT2D eigenvalue weighted by Crippen LogP contribution is 2.18. The van der Waals surface area contributed by atoms with Crippen molar-refractivity contribution < 1.29 is 14.3 Å². The van der Waals surface area contributed by atoms with Crippen LogP contribution < -0.4 is 15.8 Å². The topological polar surface area (TPSA) is 73.6 Å². The molecule has 2 unspecified atom stereocenters. The second-order valence-corrected chi connectivity index (χ2v) is 5.08. The van der Waals surface area contributed by atoms with Crippen LogP contribution in [0.2, 0.25) is 0 Å². The molecule has 1 amide bonds. The quantitative estimate of drug-likeness (QED) is 0.816. The molecule has 0 spiro atoms. The molecule has 5 nitrogen and oxygen atoms in total. The van der Waals surface area contributed by atoms with Gasteiger partial charge in [-0.15, -0.1) is 0 Å². The van der Waals surface area contributed by atoms with E-state index in [1.54, 1.807) is 0 Å². The fourth-order valence-corrected chi connectivity index (χ4v) is 2.32. The summed E-state index contributed by atoms with van der Waals surface area (Å²) in [7, 11) is 0. The van der Waals surface area contributed by atoms with Crippen LogP contribution in [0.4, 0.5) is 0 Å². The van der Waals surface area contributed by atoms with Crippen molar-refractivity contribution in [2.75, 3.05) is 19.8 Å². The molecule has 0 aromatic heterocycles. The fraction of sp³-hybridized carbons (Fsp3) is 0.533. The molecule has 5 heteroatoms. The minimum absolute atomic E-state index is 0.00886. The lowest BCUT2D eigenvalue weighted by molar-refractivity contribution is -0.124. The van der Waals surface area contributed by atoms with Crippen molar-refractivity contribution in [1.29, 1.82) is 0 Å². The van der Waals surface area contributed by atoms with Gasteiger partial charge in [-0.1, -0.05) is 18.2 Å². The van der Waals surface area contributed by atoms with Gasteiger partial charge in [-0.3, -0.25) is 4.79 Å². The maximum Gasteiger partial charge on any atom is 0.258 e. The van der Waals surface area contributed by atoms with E-state index in [4.69, 9.17) is 15.2 Å². The summed E-state index contributed by atoms with van der Waals surface area (Å²) in [6, 6.07) is 7.59. The van der Waals surface area contributed by atoms with Crippen LogP contribution in [0.1, 0.15) is 18.9 Å². The maximum absolute atomic E-state index is 11.9. The first-order valence-electron chi connectivity index (χ1n) is 6.98. The minimum atomic E-state index is -0.115. The van der Waals surface area contributed by atoms with Crippen LogP contribution in [0.25, 0.3) is 0 Å². The number of nitrogens with one attached hydrogen (secondary N) is 1. The molecule has 1 aromatic rings. The van der Waals surface area contributed by atoms with E-state index in [-0.39, 0.29) is 18.6 Å². The second kappa shape index (κ2) is 7.26. The molecule has 1 fully saturated rings. The Morgan fingerprint density at radius 2 is 2.35 bits per heavy atom. The van der Waals surface area contributed by atoms with Crippen LogP contribution in [-0.4, -0.2) is 31.8 Å². The third-order valence-electron chi connectivity index (χ3n) is 3.61. The lowest BCUT2D eigenvalue weighted by Crippen LogP contribution is -2.40. The highest BCUT2D eigenvalue weighted by molar-refractivity contribution is 5.77. The van der Waals surface area contributed by atoms with Crippen LogP contribution in [0.5, 0.6) is 5.75 Å². The highest BCUT2D eigenvalue weighted by Gasteiger charge is 2.23. The molecule has 0 saturated carbocycles. The third-order valence-corrected chi connectivity index (χ3v) is 3.61. The smallest absolute Gasteiger partial charge is 0.258 e. The van der Waals surface area contributed by atoms with Gasteiger partial charge in [-0.25, -0.2) is 0 Å². The van der Waals surface area contributed by atoms with Crippen LogP contribution in [0.15, 0.2) is 24.3 Å². The van der Waals surface area contributed by atoms with Gasteiger partial charge in [0.25, 0.3) is 5.91 Å². The number of ether oxygens (including phenoxy) is 2. The Balaban J connectivity index is 1.79. The SMILES string of the molecule is CC(NC(=O)COc1ccccc1CN)C1CCOC1. The van der Waals surface area contributed by atoms with Crippen molar-refractivity contribution in [2.24, 2.45) is 11.7 Å². The van der Waals surface area contributed by atoms with Gasteiger partial charge < -0.3 is 20.5 Å². The monoisotopic (exact) mass is 278 g/mol. The zero-order valence-electron chi connectivity index (χ0n) is 11.8. The zero-order chi connectivity index (χ0) is 14.4. The summed E-state index contributed by atoms with van der Waals surface area (Å²) < 4.78 is 10.9. The normalized spacial score (nSPS) is 19.6. The number of para-hydroxylation sites is 1. The molecule has 0 aliphatic carbocycles. The molecule has 110 valence electrons. The Hall–Kier alpha value is -1.59. The van der Waals surface area contributed by atoms with Crippen molar-refractivity contribution in [1.82, 2.24) is 5.32 Å². The van der Waals surface area contributed by atoms with Crippen molar-refractivity contribution in [2.45, 2.75) is 25.9 Å². The number of benzene rings is 1. The summed E-state index contributed by atoms with van der Waals surface area (Å²) in [6.07, 6.45) is 0.998. The number of nitrogens with two attached hydrogens (primary N) is 1. The van der Waals surface area contributed by atoms with Crippen LogP contribution in [0, 0.1) is 5.92 Å². The van der Waals surface area contributed by atoms with Gasteiger partial charge >= 0.3 is 0 Å². The first-order valence-corrected chi connectivity index (χ1v) is 6.98. The van der Waals surface area contributed by atoms with E-state index in [2.05, 4.69) is 5.32 Å². The first kappa shape index (κ1) is 14.8. The molecule has 1 saturated heterocycles. The number of hydrogen-bond donors (Lipinski definition) is 2. The van der Waals surface area contributed by atoms with Gasteiger partial charge in [0.1, 0.15) is 5.75 Å². The molecule has 1 aliphatic heterocycles. The number of rotatable bonds is 6. The van der Waals surface area contributed by atoms with E-state index < -0.39 is 0 Å². The van der Waals surface area contributed by atoms with E-state index >= 15 is 0 Å². The Bertz CT molecular complexity index is 444.